The number of hydroxylamine groups is 2. The fraction of sp³-hybridized carbons (Fsp3) is 0.707. The van der Waals surface area contributed by atoms with Gasteiger partial charge in [-0.2, -0.15) is 5.06 Å². The highest BCUT2D eigenvalue weighted by molar-refractivity contribution is 5.94. The highest BCUT2D eigenvalue weighted by atomic mass is 16.6. The Kier molecular flexibility index (Phi) is 14.5. The smallest absolute Gasteiger partial charge is 0.408 e. The lowest BCUT2D eigenvalue weighted by Crippen LogP contribution is -2.59. The van der Waals surface area contributed by atoms with Gasteiger partial charge in [0.2, 0.25) is 11.8 Å². The van der Waals surface area contributed by atoms with Gasteiger partial charge >= 0.3 is 6.09 Å². The zero-order chi connectivity index (χ0) is 38.3. The molecule has 0 saturated carbocycles. The Morgan fingerprint density at radius 1 is 0.961 bits per heavy atom. The third-order valence-corrected chi connectivity index (χ3v) is 9.98. The monoisotopic (exact) mass is 710 g/mol. The van der Waals surface area contributed by atoms with Crippen molar-refractivity contribution in [1.82, 2.24) is 20.6 Å². The largest absolute Gasteiger partial charge is 0.444 e. The average molecular weight is 711 g/mol. The first-order valence-corrected chi connectivity index (χ1v) is 18.9. The van der Waals surface area contributed by atoms with Crippen molar-refractivity contribution >= 4 is 23.7 Å². The van der Waals surface area contributed by atoms with Gasteiger partial charge in [0.15, 0.2) is 5.78 Å². The van der Waals surface area contributed by atoms with E-state index in [4.69, 9.17) is 4.74 Å². The van der Waals surface area contributed by atoms with Crippen LogP contribution in [0.1, 0.15) is 120 Å². The third kappa shape index (κ3) is 12.4. The van der Waals surface area contributed by atoms with Crippen molar-refractivity contribution in [3.63, 3.8) is 0 Å². The fourth-order valence-electron chi connectivity index (χ4n) is 7.94. The number of alkyl carbamates (subject to hydrolysis) is 1. The molecule has 2 aliphatic rings. The highest BCUT2D eigenvalue weighted by Gasteiger charge is 2.46. The summed E-state index contributed by atoms with van der Waals surface area (Å²) in [5, 5.41) is 18.2. The number of ketones is 1. The molecule has 3 amide bonds. The molecule has 3 N–H and O–H groups in total. The quantitative estimate of drug-likeness (QED) is 0.176. The third-order valence-electron chi connectivity index (χ3n) is 9.98. The normalized spacial score (nSPS) is 21.5. The molecule has 51 heavy (non-hydrogen) atoms. The van der Waals surface area contributed by atoms with Gasteiger partial charge in [-0.25, -0.2) is 4.79 Å². The number of rotatable bonds is 14. The van der Waals surface area contributed by atoms with Gasteiger partial charge < -0.3 is 25.5 Å². The molecule has 2 fully saturated rings. The minimum Gasteiger partial charge on any atom is -0.444 e. The molecule has 0 radical (unpaired) electrons. The highest BCUT2D eigenvalue weighted by Crippen LogP contribution is 2.41. The summed E-state index contributed by atoms with van der Waals surface area (Å²) >= 11 is 0. The predicted molar refractivity (Wildman–Crippen MR) is 201 cm³/mol. The first-order chi connectivity index (χ1) is 23.6. The number of nitrogens with one attached hydrogen (secondary N) is 2. The molecule has 0 unspecified atom stereocenters. The van der Waals surface area contributed by atoms with Crippen LogP contribution in [0.3, 0.4) is 0 Å². The van der Waals surface area contributed by atoms with Gasteiger partial charge in [0.1, 0.15) is 11.6 Å². The van der Waals surface area contributed by atoms with Crippen LogP contribution < -0.4 is 10.6 Å². The first-order valence-electron chi connectivity index (χ1n) is 18.9. The summed E-state index contributed by atoms with van der Waals surface area (Å²) in [6.07, 6.45) is 7.21. The molecular weight excluding hydrogens is 644 g/mol. The van der Waals surface area contributed by atoms with Crippen molar-refractivity contribution in [3.05, 3.63) is 48.0 Å². The second kappa shape index (κ2) is 17.5. The number of carbonyl (C=O) groups excluding carboxylic acids is 4. The van der Waals surface area contributed by atoms with Crippen LogP contribution in [-0.2, 0) is 25.5 Å². The summed E-state index contributed by atoms with van der Waals surface area (Å²) in [5.74, 6) is -0.815. The van der Waals surface area contributed by atoms with E-state index in [2.05, 4.69) is 24.5 Å². The molecule has 3 rings (SSSR count). The van der Waals surface area contributed by atoms with Crippen LogP contribution in [0, 0.1) is 23.7 Å². The molecule has 0 aliphatic carbocycles. The number of hydrogen-bond donors (Lipinski definition) is 3. The van der Waals surface area contributed by atoms with Crippen LogP contribution in [0.25, 0.3) is 0 Å². The molecule has 4 atom stereocenters. The van der Waals surface area contributed by atoms with Crippen LogP contribution in [0.2, 0.25) is 0 Å². The second-order valence-corrected chi connectivity index (χ2v) is 17.9. The Bertz CT molecular complexity index is 1350. The molecule has 0 spiro atoms. The molecule has 0 aromatic heterocycles. The number of hydrogen-bond acceptors (Lipinski definition) is 7. The molecule has 2 heterocycles. The number of ether oxygens (including phenoxy) is 1. The topological polar surface area (TPSA) is 128 Å². The molecular formula is C41H66N4O6. The van der Waals surface area contributed by atoms with E-state index in [1.807, 2.05) is 105 Å². The Labute approximate surface area is 307 Å². The lowest BCUT2D eigenvalue weighted by atomic mass is 9.73. The number of piperidine rings is 1. The number of Topliss-reactive ketones (excluding diaryl/α,β-unsaturated/α-hetero) is 1. The maximum atomic E-state index is 14.4. The molecule has 2 aliphatic heterocycles. The second-order valence-electron chi connectivity index (χ2n) is 17.9. The average Bonchev–Trinajstić information content (AvgIpc) is 3.49. The fourth-order valence-corrected chi connectivity index (χ4v) is 7.94. The Morgan fingerprint density at radius 2 is 1.57 bits per heavy atom. The molecule has 1 aromatic carbocycles. The number of amides is 3. The molecule has 2 saturated heterocycles. The lowest BCUT2D eigenvalue weighted by Gasteiger charge is -2.51. The maximum absolute atomic E-state index is 14.4. The molecule has 286 valence electrons. The summed E-state index contributed by atoms with van der Waals surface area (Å²) in [4.78, 5) is 56.5. The van der Waals surface area contributed by atoms with Crippen molar-refractivity contribution in [3.8, 4) is 0 Å². The van der Waals surface area contributed by atoms with Crippen LogP contribution in [0.15, 0.2) is 42.5 Å². The van der Waals surface area contributed by atoms with E-state index in [9.17, 15) is 24.4 Å². The van der Waals surface area contributed by atoms with Gasteiger partial charge in [0, 0.05) is 24.0 Å². The zero-order valence-electron chi connectivity index (χ0n) is 33.1. The zero-order valence-corrected chi connectivity index (χ0v) is 33.1. The van der Waals surface area contributed by atoms with E-state index in [-0.39, 0.29) is 41.4 Å². The van der Waals surface area contributed by atoms with Gasteiger partial charge in [-0.15, -0.1) is 0 Å². The van der Waals surface area contributed by atoms with E-state index >= 15 is 0 Å². The molecule has 0 bridgehead atoms. The van der Waals surface area contributed by atoms with E-state index in [0.717, 1.165) is 5.56 Å². The molecule has 10 heteroatoms. The van der Waals surface area contributed by atoms with Crippen molar-refractivity contribution in [2.45, 2.75) is 156 Å². The number of nitrogens with zero attached hydrogens (tertiary/aromatic N) is 2. The standard InChI is InChI=1S/C41H66N4O6/c1-27(2)22-32(42-38(49)51-39(5,6)7)20-19-31(23-29-16-13-12-14-17-29)37(48)44-21-15-18-33(44)36(47)43-35(28(3)4)34(46)24-30-25-40(8,9)45(50)41(10,11)26-30/h12-14,16-17,19-20,27-28,30-33,35,50H,15,18,21-26H2,1-11H3,(H,42,49)(H,43,47)/b20-19+/t31-,32-,33+,35+/m1/s1. The van der Waals surface area contributed by atoms with Gasteiger partial charge in [-0.3, -0.25) is 14.4 Å². The lowest BCUT2D eigenvalue weighted by molar-refractivity contribution is -0.251. The van der Waals surface area contributed by atoms with Crippen LogP contribution >= 0.6 is 0 Å². The van der Waals surface area contributed by atoms with Gasteiger partial charge in [-0.05, 0) is 110 Å². The van der Waals surface area contributed by atoms with Crippen LogP contribution in [0.5, 0.6) is 0 Å². The maximum Gasteiger partial charge on any atom is 0.408 e. The number of benzene rings is 1. The summed E-state index contributed by atoms with van der Waals surface area (Å²) < 4.78 is 5.51. The minimum atomic E-state index is -0.680. The van der Waals surface area contributed by atoms with Crippen molar-refractivity contribution in [2.24, 2.45) is 23.7 Å². The minimum absolute atomic E-state index is 0.0178. The van der Waals surface area contributed by atoms with E-state index in [1.54, 1.807) is 4.90 Å². The summed E-state index contributed by atoms with van der Waals surface area (Å²) in [6, 6.07) is 8.08. The van der Waals surface area contributed by atoms with Crippen molar-refractivity contribution < 1.29 is 29.1 Å². The van der Waals surface area contributed by atoms with Crippen molar-refractivity contribution in [1.29, 1.82) is 0 Å². The van der Waals surface area contributed by atoms with Gasteiger partial charge in [0.05, 0.1) is 18.0 Å². The summed E-state index contributed by atoms with van der Waals surface area (Å²) in [7, 11) is 0. The Morgan fingerprint density at radius 3 is 2.12 bits per heavy atom. The number of carbonyl (C=O) groups is 4. The summed E-state index contributed by atoms with van der Waals surface area (Å²) in [5.41, 5.74) is -0.596. The molecule has 1 aromatic rings. The van der Waals surface area contributed by atoms with E-state index in [1.165, 1.54) is 5.06 Å². The predicted octanol–water partition coefficient (Wildman–Crippen LogP) is 7.09. The first kappa shape index (κ1) is 42.2. The SMILES string of the molecule is CC(C)C[C@@H](/C=C/[C@H](Cc1ccccc1)C(=O)N1CCC[C@H]1C(=O)N[C@H](C(=O)CC1CC(C)(C)N(O)C(C)(C)C1)C(C)C)NC(=O)OC(C)(C)C. The summed E-state index contributed by atoms with van der Waals surface area (Å²) in [6.45, 7) is 21.9. The van der Waals surface area contributed by atoms with E-state index < -0.39 is 40.8 Å². The Hall–Kier alpha value is -3.24. The molecule has 10 nitrogen and oxygen atoms in total. The van der Waals surface area contributed by atoms with Gasteiger partial charge in [0.25, 0.3) is 0 Å². The number of likely N-dealkylation sites (tertiary alicyclic amines) is 1. The van der Waals surface area contributed by atoms with Crippen molar-refractivity contribution in [2.75, 3.05) is 6.54 Å². The van der Waals surface area contributed by atoms with Gasteiger partial charge in [-0.1, -0.05) is 70.2 Å². The Balaban J connectivity index is 1.80. The van der Waals surface area contributed by atoms with Crippen LogP contribution in [-0.4, -0.2) is 80.2 Å². The van der Waals surface area contributed by atoms with E-state index in [0.29, 0.717) is 51.5 Å². The van der Waals surface area contributed by atoms with Crippen LogP contribution in [0.4, 0.5) is 4.79 Å².